The maximum absolute atomic E-state index is 11.8. The van der Waals surface area contributed by atoms with Crippen molar-refractivity contribution in [3.63, 3.8) is 0 Å². The van der Waals surface area contributed by atoms with Crippen molar-refractivity contribution in [1.29, 1.82) is 0 Å². The van der Waals surface area contributed by atoms with E-state index in [1.807, 2.05) is 41.1 Å². The normalized spacial score (nSPS) is 12.2. The molecule has 0 aliphatic heterocycles. The molecule has 6 nitrogen and oxygen atoms in total. The van der Waals surface area contributed by atoms with Gasteiger partial charge in [-0.05, 0) is 17.5 Å². The summed E-state index contributed by atoms with van der Waals surface area (Å²) in [6.07, 6.45) is 2.13. The summed E-state index contributed by atoms with van der Waals surface area (Å²) in [5, 5.41) is 12.5. The zero-order valence-electron chi connectivity index (χ0n) is 11.8. The van der Waals surface area contributed by atoms with E-state index in [1.54, 1.807) is 0 Å². The molecule has 2 N–H and O–H groups in total. The molecular formula is C15H18N2O4. The van der Waals surface area contributed by atoms with Gasteiger partial charge in [0.2, 0.25) is 5.91 Å². The molecule has 21 heavy (non-hydrogen) atoms. The van der Waals surface area contributed by atoms with Crippen LogP contribution in [0.25, 0.3) is 10.9 Å². The molecule has 1 aromatic heterocycles. The molecule has 0 bridgehead atoms. The van der Waals surface area contributed by atoms with Crippen LogP contribution in [0.15, 0.2) is 36.5 Å². The largest absolute Gasteiger partial charge is 0.480 e. The van der Waals surface area contributed by atoms with E-state index in [4.69, 9.17) is 9.84 Å². The number of methoxy groups -OCH3 is 1. The number of amides is 1. The average Bonchev–Trinajstić information content (AvgIpc) is 2.88. The Morgan fingerprint density at radius 1 is 1.33 bits per heavy atom. The summed E-state index contributed by atoms with van der Waals surface area (Å²) >= 11 is 0. The Hall–Kier alpha value is -2.34. The number of nitrogens with zero attached hydrogens (tertiary/aromatic N) is 1. The van der Waals surface area contributed by atoms with Gasteiger partial charge in [0, 0.05) is 31.8 Å². The second-order valence-electron chi connectivity index (χ2n) is 4.73. The lowest BCUT2D eigenvalue weighted by atomic mass is 10.2. The number of carboxylic acid groups (broad SMARTS) is 1. The van der Waals surface area contributed by atoms with Crippen LogP contribution in [0.4, 0.5) is 0 Å². The number of benzene rings is 1. The van der Waals surface area contributed by atoms with Gasteiger partial charge in [0.25, 0.3) is 0 Å². The van der Waals surface area contributed by atoms with E-state index in [2.05, 4.69) is 5.32 Å². The van der Waals surface area contributed by atoms with Gasteiger partial charge in [-0.15, -0.1) is 0 Å². The molecule has 2 rings (SSSR count). The van der Waals surface area contributed by atoms with Gasteiger partial charge in [-0.2, -0.15) is 0 Å². The zero-order valence-corrected chi connectivity index (χ0v) is 11.8. The smallest absolute Gasteiger partial charge is 0.328 e. The molecule has 0 saturated heterocycles. The van der Waals surface area contributed by atoms with Crippen LogP contribution in [-0.4, -0.2) is 41.3 Å². The monoisotopic (exact) mass is 290 g/mol. The fourth-order valence-electron chi connectivity index (χ4n) is 2.17. The molecule has 0 aliphatic carbocycles. The Morgan fingerprint density at radius 3 is 2.81 bits per heavy atom. The van der Waals surface area contributed by atoms with Crippen LogP contribution in [-0.2, 0) is 20.9 Å². The number of fused-ring (bicyclic) bond motifs is 1. The summed E-state index contributed by atoms with van der Waals surface area (Å²) in [5.74, 6) is -1.41. The molecule has 6 heteroatoms. The van der Waals surface area contributed by atoms with Crippen LogP contribution in [0, 0.1) is 0 Å². The molecule has 1 unspecified atom stereocenters. The van der Waals surface area contributed by atoms with Crippen molar-refractivity contribution in [2.24, 2.45) is 0 Å². The lowest BCUT2D eigenvalue weighted by molar-refractivity contribution is -0.143. The molecule has 2 aromatic rings. The van der Waals surface area contributed by atoms with Gasteiger partial charge in [0.05, 0.1) is 6.61 Å². The highest BCUT2D eigenvalue weighted by Gasteiger charge is 2.19. The number of ether oxygens (including phenoxy) is 1. The Morgan fingerprint density at radius 2 is 2.10 bits per heavy atom. The maximum Gasteiger partial charge on any atom is 0.328 e. The van der Waals surface area contributed by atoms with Gasteiger partial charge in [-0.25, -0.2) is 4.79 Å². The molecule has 1 atom stereocenters. The van der Waals surface area contributed by atoms with Crippen molar-refractivity contribution in [2.45, 2.75) is 19.0 Å². The van der Waals surface area contributed by atoms with Crippen molar-refractivity contribution in [3.8, 4) is 0 Å². The lowest BCUT2D eigenvalue weighted by Gasteiger charge is -2.13. The molecule has 0 fully saturated rings. The van der Waals surface area contributed by atoms with Crippen LogP contribution in [0.5, 0.6) is 0 Å². The van der Waals surface area contributed by atoms with Crippen molar-refractivity contribution in [3.05, 3.63) is 36.5 Å². The summed E-state index contributed by atoms with van der Waals surface area (Å²) in [6.45, 7) is 0.451. The highest BCUT2D eigenvalue weighted by molar-refractivity contribution is 5.84. The fourth-order valence-corrected chi connectivity index (χ4v) is 2.17. The zero-order chi connectivity index (χ0) is 15.2. The maximum atomic E-state index is 11.8. The van der Waals surface area contributed by atoms with Crippen molar-refractivity contribution in [1.82, 2.24) is 9.88 Å². The lowest BCUT2D eigenvalue weighted by Crippen LogP contribution is -2.44. The number of aliphatic carboxylic acids is 1. The predicted octanol–water partition coefficient (Wildman–Crippen LogP) is 1.25. The number of rotatable bonds is 7. The number of hydrogen-bond donors (Lipinski definition) is 2. The molecule has 0 aliphatic rings. The first-order chi connectivity index (χ1) is 10.1. The van der Waals surface area contributed by atoms with Crippen LogP contribution < -0.4 is 5.32 Å². The highest BCUT2D eigenvalue weighted by Crippen LogP contribution is 2.15. The van der Waals surface area contributed by atoms with Crippen molar-refractivity contribution >= 4 is 22.8 Å². The minimum absolute atomic E-state index is 0.0481. The Labute approximate surface area is 122 Å². The fraction of sp³-hybridized carbons (Fsp3) is 0.333. The first kappa shape index (κ1) is 15.1. The van der Waals surface area contributed by atoms with Gasteiger partial charge < -0.3 is 19.7 Å². The number of aryl methyl sites for hydroxylation is 1. The van der Waals surface area contributed by atoms with E-state index in [0.29, 0.717) is 6.54 Å². The first-order valence-corrected chi connectivity index (χ1v) is 6.67. The Bertz CT molecular complexity index is 635. The van der Waals surface area contributed by atoms with E-state index in [-0.39, 0.29) is 18.9 Å². The van der Waals surface area contributed by atoms with E-state index >= 15 is 0 Å². The standard InChI is InChI=1S/C15H18N2O4/c1-21-10-12(15(19)20)16-14(18)7-9-17-8-6-11-4-2-3-5-13(11)17/h2-6,8,12H,7,9-10H2,1H3,(H,16,18)(H,19,20). The summed E-state index contributed by atoms with van der Waals surface area (Å²) in [7, 11) is 1.40. The number of para-hydroxylation sites is 1. The Balaban J connectivity index is 1.93. The van der Waals surface area contributed by atoms with Gasteiger partial charge in [-0.3, -0.25) is 4.79 Å². The molecule has 0 saturated carbocycles. The van der Waals surface area contributed by atoms with Crippen LogP contribution >= 0.6 is 0 Å². The molecule has 1 amide bonds. The number of carbonyl (C=O) groups excluding carboxylic acids is 1. The third-order valence-corrected chi connectivity index (χ3v) is 3.23. The van der Waals surface area contributed by atoms with Crippen LogP contribution in [0.1, 0.15) is 6.42 Å². The van der Waals surface area contributed by atoms with Crippen LogP contribution in [0.3, 0.4) is 0 Å². The van der Waals surface area contributed by atoms with Gasteiger partial charge in [-0.1, -0.05) is 18.2 Å². The van der Waals surface area contributed by atoms with Gasteiger partial charge in [0.15, 0.2) is 6.04 Å². The van der Waals surface area contributed by atoms with E-state index in [0.717, 1.165) is 10.9 Å². The van der Waals surface area contributed by atoms with Crippen LogP contribution in [0.2, 0.25) is 0 Å². The van der Waals surface area contributed by atoms with E-state index in [1.165, 1.54) is 7.11 Å². The van der Waals surface area contributed by atoms with Gasteiger partial charge >= 0.3 is 5.97 Å². The summed E-state index contributed by atoms with van der Waals surface area (Å²) < 4.78 is 6.75. The molecule has 1 aromatic carbocycles. The topological polar surface area (TPSA) is 80.6 Å². The van der Waals surface area contributed by atoms with Crippen molar-refractivity contribution in [2.75, 3.05) is 13.7 Å². The Kier molecular flexibility index (Phi) is 4.94. The van der Waals surface area contributed by atoms with Gasteiger partial charge in [0.1, 0.15) is 0 Å². The third-order valence-electron chi connectivity index (χ3n) is 3.23. The predicted molar refractivity (Wildman–Crippen MR) is 78.0 cm³/mol. The summed E-state index contributed by atoms with van der Waals surface area (Å²) in [5.41, 5.74) is 1.05. The second-order valence-corrected chi connectivity index (χ2v) is 4.73. The number of aromatic nitrogens is 1. The number of carboxylic acids is 1. The third kappa shape index (κ3) is 3.82. The first-order valence-electron chi connectivity index (χ1n) is 6.67. The molecule has 0 radical (unpaired) electrons. The second kappa shape index (κ2) is 6.90. The minimum atomic E-state index is -1.10. The minimum Gasteiger partial charge on any atom is -0.480 e. The SMILES string of the molecule is COCC(NC(=O)CCn1ccc2ccccc21)C(=O)O. The molecular weight excluding hydrogens is 272 g/mol. The number of nitrogens with one attached hydrogen (secondary N) is 1. The molecule has 1 heterocycles. The average molecular weight is 290 g/mol. The number of carbonyl (C=O) groups is 2. The highest BCUT2D eigenvalue weighted by atomic mass is 16.5. The summed E-state index contributed by atoms with van der Waals surface area (Å²) in [6, 6.07) is 8.87. The quantitative estimate of drug-likeness (QED) is 0.804. The van der Waals surface area contributed by atoms with E-state index < -0.39 is 12.0 Å². The molecule has 0 spiro atoms. The number of hydrogen-bond acceptors (Lipinski definition) is 3. The molecule has 112 valence electrons. The van der Waals surface area contributed by atoms with E-state index in [9.17, 15) is 9.59 Å². The van der Waals surface area contributed by atoms with Crippen molar-refractivity contribution < 1.29 is 19.4 Å². The summed E-state index contributed by atoms with van der Waals surface area (Å²) in [4.78, 5) is 22.8.